The lowest BCUT2D eigenvalue weighted by Crippen LogP contribution is -2.06. The quantitative estimate of drug-likeness (QED) is 0.559. The lowest BCUT2D eigenvalue weighted by Gasteiger charge is -2.14. The highest BCUT2D eigenvalue weighted by atomic mass is 16.3. The molecule has 0 amide bonds. The first-order valence-electron chi connectivity index (χ1n) is 6.22. The number of hydrogen-bond acceptors (Lipinski definition) is 1. The summed E-state index contributed by atoms with van der Waals surface area (Å²) in [5.41, 5.74) is 0. The Kier molecular flexibility index (Phi) is 9.59. The van der Waals surface area contributed by atoms with Crippen LogP contribution in [0.25, 0.3) is 0 Å². The Bertz CT molecular complexity index is 117. The molecule has 83 valence electrons. The fraction of sp³-hybridized carbons (Fsp3) is 1.00. The highest BCUT2D eigenvalue weighted by Crippen LogP contribution is 2.21. The van der Waals surface area contributed by atoms with Crippen molar-refractivity contribution in [2.24, 2.45) is 0 Å². The third kappa shape index (κ3) is 7.43. The Balaban J connectivity index is 3.42. The molecule has 1 N–H and O–H groups in total. The third-order valence-electron chi connectivity index (χ3n) is 2.98. The van der Waals surface area contributed by atoms with E-state index in [0.717, 1.165) is 18.7 Å². The molecule has 0 aromatic rings. The van der Waals surface area contributed by atoms with E-state index in [1.54, 1.807) is 0 Å². The molecule has 1 radical (unpaired) electrons. The van der Waals surface area contributed by atoms with Crippen LogP contribution >= 0.6 is 0 Å². The molecule has 2 atom stereocenters. The molecule has 0 rings (SSSR count). The van der Waals surface area contributed by atoms with Crippen LogP contribution in [0.5, 0.6) is 0 Å². The van der Waals surface area contributed by atoms with Crippen molar-refractivity contribution in [1.29, 1.82) is 0 Å². The van der Waals surface area contributed by atoms with Gasteiger partial charge in [-0.05, 0) is 12.8 Å². The van der Waals surface area contributed by atoms with Gasteiger partial charge in [-0.3, -0.25) is 0 Å². The van der Waals surface area contributed by atoms with E-state index in [1.165, 1.54) is 32.1 Å². The second kappa shape index (κ2) is 9.58. The van der Waals surface area contributed by atoms with Gasteiger partial charge in [-0.2, -0.15) is 0 Å². The largest absolute Gasteiger partial charge is 0.393 e. The minimum atomic E-state index is -0.0707. The van der Waals surface area contributed by atoms with Crippen molar-refractivity contribution in [3.05, 3.63) is 0 Å². The predicted molar refractivity (Wildman–Crippen MR) is 65.0 cm³/mol. The SMILES string of the molecule is C[B][C@H](CCCC)CCCC(O)CC. The van der Waals surface area contributed by atoms with Crippen molar-refractivity contribution >= 4 is 7.28 Å². The van der Waals surface area contributed by atoms with Gasteiger partial charge in [-0.1, -0.05) is 58.6 Å². The zero-order valence-corrected chi connectivity index (χ0v) is 10.1. The molecule has 14 heavy (non-hydrogen) atoms. The molecule has 0 spiro atoms. The minimum Gasteiger partial charge on any atom is -0.393 e. The van der Waals surface area contributed by atoms with E-state index in [0.29, 0.717) is 0 Å². The van der Waals surface area contributed by atoms with Crippen LogP contribution in [0.15, 0.2) is 0 Å². The average Bonchev–Trinajstić information content (AvgIpc) is 2.22. The van der Waals surface area contributed by atoms with Crippen molar-refractivity contribution in [1.82, 2.24) is 0 Å². The van der Waals surface area contributed by atoms with Crippen molar-refractivity contribution < 1.29 is 5.11 Å². The molecule has 2 heteroatoms. The maximum absolute atomic E-state index is 9.41. The van der Waals surface area contributed by atoms with Gasteiger partial charge < -0.3 is 5.11 Å². The summed E-state index contributed by atoms with van der Waals surface area (Å²) in [7, 11) is 2.33. The van der Waals surface area contributed by atoms with Crippen LogP contribution in [-0.2, 0) is 0 Å². The van der Waals surface area contributed by atoms with Crippen LogP contribution in [-0.4, -0.2) is 18.5 Å². The van der Waals surface area contributed by atoms with Crippen molar-refractivity contribution in [3.8, 4) is 0 Å². The highest BCUT2D eigenvalue weighted by molar-refractivity contribution is 6.35. The van der Waals surface area contributed by atoms with Gasteiger partial charge in [-0.15, -0.1) is 0 Å². The molecular weight excluding hydrogens is 171 g/mol. The maximum Gasteiger partial charge on any atom is 0.110 e. The Labute approximate surface area is 90.5 Å². The normalized spacial score (nSPS) is 15.1. The van der Waals surface area contributed by atoms with Gasteiger partial charge >= 0.3 is 0 Å². The van der Waals surface area contributed by atoms with E-state index < -0.39 is 0 Å². The third-order valence-corrected chi connectivity index (χ3v) is 2.98. The fourth-order valence-electron chi connectivity index (χ4n) is 1.76. The summed E-state index contributed by atoms with van der Waals surface area (Å²) in [5.74, 6) is 0.777. The first-order valence-corrected chi connectivity index (χ1v) is 6.22. The maximum atomic E-state index is 9.41. The Morgan fingerprint density at radius 2 is 1.71 bits per heavy atom. The molecule has 0 aliphatic rings. The van der Waals surface area contributed by atoms with Gasteiger partial charge in [0.25, 0.3) is 0 Å². The van der Waals surface area contributed by atoms with Crippen LogP contribution in [0.1, 0.15) is 58.8 Å². The molecule has 0 saturated carbocycles. The molecule has 0 aromatic carbocycles. The molecule has 0 heterocycles. The van der Waals surface area contributed by atoms with E-state index in [-0.39, 0.29) is 6.10 Å². The first-order chi connectivity index (χ1) is 6.74. The summed E-state index contributed by atoms with van der Waals surface area (Å²) in [5, 5.41) is 9.41. The molecule has 1 nitrogen and oxygen atoms in total. The van der Waals surface area contributed by atoms with Crippen LogP contribution < -0.4 is 0 Å². The average molecular weight is 197 g/mol. The topological polar surface area (TPSA) is 20.2 Å². The monoisotopic (exact) mass is 197 g/mol. The summed E-state index contributed by atoms with van der Waals surface area (Å²) in [6.07, 6.45) is 8.20. The molecule has 0 saturated heterocycles. The Hall–Kier alpha value is 0.0249. The summed E-state index contributed by atoms with van der Waals surface area (Å²) in [6, 6.07) is 0. The molecule has 0 bridgehead atoms. The lowest BCUT2D eigenvalue weighted by molar-refractivity contribution is 0.156. The molecular formula is C12H26BO. The molecule has 0 aliphatic heterocycles. The zero-order valence-electron chi connectivity index (χ0n) is 10.1. The highest BCUT2D eigenvalue weighted by Gasteiger charge is 2.07. The molecule has 0 aliphatic carbocycles. The van der Waals surface area contributed by atoms with E-state index >= 15 is 0 Å². The van der Waals surface area contributed by atoms with Crippen LogP contribution in [0.2, 0.25) is 12.6 Å². The van der Waals surface area contributed by atoms with E-state index in [4.69, 9.17) is 0 Å². The summed E-state index contributed by atoms with van der Waals surface area (Å²) >= 11 is 0. The number of aliphatic hydroxyl groups excluding tert-OH is 1. The van der Waals surface area contributed by atoms with Crippen molar-refractivity contribution in [2.75, 3.05) is 0 Å². The molecule has 0 aromatic heterocycles. The number of hydrogen-bond donors (Lipinski definition) is 1. The van der Waals surface area contributed by atoms with Gasteiger partial charge in [-0.25, -0.2) is 0 Å². The van der Waals surface area contributed by atoms with Gasteiger partial charge in [0.1, 0.15) is 7.28 Å². The van der Waals surface area contributed by atoms with Crippen LogP contribution in [0.3, 0.4) is 0 Å². The Morgan fingerprint density at radius 1 is 1.07 bits per heavy atom. The number of rotatable bonds is 9. The number of unbranched alkanes of at least 4 members (excludes halogenated alkanes) is 1. The zero-order chi connectivity index (χ0) is 10.8. The van der Waals surface area contributed by atoms with Crippen LogP contribution in [0.4, 0.5) is 0 Å². The second-order valence-corrected chi connectivity index (χ2v) is 4.23. The first kappa shape index (κ1) is 14.0. The summed E-state index contributed by atoms with van der Waals surface area (Å²) in [6.45, 7) is 6.45. The lowest BCUT2D eigenvalue weighted by atomic mass is 9.63. The predicted octanol–water partition coefficient (Wildman–Crippen LogP) is 3.66. The van der Waals surface area contributed by atoms with E-state index in [2.05, 4.69) is 21.0 Å². The number of aliphatic hydroxyl groups is 1. The minimum absolute atomic E-state index is 0.0707. The fourth-order valence-corrected chi connectivity index (χ4v) is 1.76. The molecule has 1 unspecified atom stereocenters. The van der Waals surface area contributed by atoms with Gasteiger partial charge in [0.05, 0.1) is 6.10 Å². The second-order valence-electron chi connectivity index (χ2n) is 4.23. The smallest absolute Gasteiger partial charge is 0.110 e. The summed E-state index contributed by atoms with van der Waals surface area (Å²) < 4.78 is 0. The molecule has 0 fully saturated rings. The standard InChI is InChI=1S/C12H26BO/c1-4-6-8-11(13-3)9-7-10-12(14)5-2/h11-12,14H,4-10H2,1-3H3/t11-,12?/m1/s1. The summed E-state index contributed by atoms with van der Waals surface area (Å²) in [4.78, 5) is 0. The van der Waals surface area contributed by atoms with Gasteiger partial charge in [0, 0.05) is 0 Å². The van der Waals surface area contributed by atoms with Crippen molar-refractivity contribution in [3.63, 3.8) is 0 Å². The van der Waals surface area contributed by atoms with E-state index in [1.807, 2.05) is 6.92 Å². The Morgan fingerprint density at radius 3 is 2.21 bits per heavy atom. The van der Waals surface area contributed by atoms with Crippen LogP contribution in [0, 0.1) is 0 Å². The van der Waals surface area contributed by atoms with E-state index in [9.17, 15) is 5.11 Å². The van der Waals surface area contributed by atoms with Gasteiger partial charge in [0.2, 0.25) is 0 Å². The van der Waals surface area contributed by atoms with Crippen molar-refractivity contribution in [2.45, 2.75) is 77.5 Å². The van der Waals surface area contributed by atoms with Gasteiger partial charge in [0.15, 0.2) is 0 Å².